The van der Waals surface area contributed by atoms with Crippen molar-refractivity contribution >= 4 is 5.91 Å². The average molecular weight is 265 g/mol. The van der Waals surface area contributed by atoms with Crippen LogP contribution in [0.1, 0.15) is 18.0 Å². The number of nitrogens with zero attached hydrogens (tertiary/aromatic N) is 1. The minimum absolute atomic E-state index is 0.264. The minimum atomic E-state index is -0.737. The second-order valence-electron chi connectivity index (χ2n) is 4.60. The Hall–Kier alpha value is -1.79. The van der Waals surface area contributed by atoms with Crippen molar-refractivity contribution in [2.75, 3.05) is 27.3 Å². The molecule has 1 aliphatic heterocycles. The Morgan fingerprint density at radius 3 is 2.68 bits per heavy atom. The third-order valence-electron chi connectivity index (χ3n) is 2.75. The van der Waals surface area contributed by atoms with Crippen LogP contribution in [-0.4, -0.2) is 38.2 Å². The molecule has 1 aromatic rings. The number of ether oxygens (including phenoxy) is 2. The quantitative estimate of drug-likeness (QED) is 0.776. The fourth-order valence-electron chi connectivity index (χ4n) is 1.81. The van der Waals surface area contributed by atoms with E-state index < -0.39 is 6.04 Å². The number of hydrogen-bond donors (Lipinski definition) is 2. The van der Waals surface area contributed by atoms with Gasteiger partial charge in [-0.1, -0.05) is 6.07 Å². The summed E-state index contributed by atoms with van der Waals surface area (Å²) < 4.78 is 11.1. The Bertz CT molecular complexity index is 462. The Balaban J connectivity index is 2.16. The number of rotatable bonds is 3. The molecule has 3 N–H and O–H groups in total. The molecule has 1 aliphatic rings. The van der Waals surface area contributed by atoms with Gasteiger partial charge in [-0.25, -0.2) is 5.01 Å². The molecule has 6 heteroatoms. The van der Waals surface area contributed by atoms with E-state index in [4.69, 9.17) is 15.2 Å². The van der Waals surface area contributed by atoms with Crippen LogP contribution in [0, 0.1) is 0 Å². The summed E-state index contributed by atoms with van der Waals surface area (Å²) in [7, 11) is 3.47. The highest BCUT2D eigenvalue weighted by Gasteiger charge is 2.19. The summed E-state index contributed by atoms with van der Waals surface area (Å²) in [6.45, 7) is 1.25. The molecule has 1 aromatic carbocycles. The second-order valence-corrected chi connectivity index (χ2v) is 4.60. The van der Waals surface area contributed by atoms with E-state index in [1.54, 1.807) is 37.3 Å². The van der Waals surface area contributed by atoms with E-state index in [0.29, 0.717) is 30.3 Å². The molecule has 0 aliphatic carbocycles. The van der Waals surface area contributed by atoms with E-state index in [-0.39, 0.29) is 5.91 Å². The molecular formula is C13H19N3O3. The van der Waals surface area contributed by atoms with Crippen LogP contribution in [0.4, 0.5) is 0 Å². The zero-order valence-electron chi connectivity index (χ0n) is 11.2. The highest BCUT2D eigenvalue weighted by molar-refractivity contribution is 5.82. The number of carbonyl (C=O) groups excluding carboxylic acids is 1. The first kappa shape index (κ1) is 13.6. The van der Waals surface area contributed by atoms with Crippen LogP contribution in [0.3, 0.4) is 0 Å². The van der Waals surface area contributed by atoms with Crippen molar-refractivity contribution in [1.82, 2.24) is 10.4 Å². The van der Waals surface area contributed by atoms with E-state index in [2.05, 4.69) is 5.43 Å². The van der Waals surface area contributed by atoms with Gasteiger partial charge in [0.05, 0.1) is 13.2 Å². The largest absolute Gasteiger partial charge is 0.490 e. The molecule has 0 spiro atoms. The van der Waals surface area contributed by atoms with Crippen LogP contribution in [-0.2, 0) is 4.79 Å². The molecule has 0 saturated heterocycles. The SMILES string of the molecule is CN(C)NC(=O)C(N)c1ccc2c(c1)OCCCO2. The molecule has 0 radical (unpaired) electrons. The summed E-state index contributed by atoms with van der Waals surface area (Å²) in [5, 5.41) is 1.56. The third kappa shape index (κ3) is 3.36. The van der Waals surface area contributed by atoms with Crippen molar-refractivity contribution in [2.24, 2.45) is 5.73 Å². The first-order chi connectivity index (χ1) is 9.08. The van der Waals surface area contributed by atoms with Gasteiger partial charge in [-0.15, -0.1) is 0 Å². The molecule has 0 aromatic heterocycles. The number of fused-ring (bicyclic) bond motifs is 1. The van der Waals surface area contributed by atoms with Crippen LogP contribution < -0.4 is 20.6 Å². The molecule has 1 amide bonds. The zero-order valence-corrected chi connectivity index (χ0v) is 11.2. The minimum Gasteiger partial charge on any atom is -0.490 e. The maximum Gasteiger partial charge on any atom is 0.255 e. The van der Waals surface area contributed by atoms with Gasteiger partial charge in [-0.05, 0) is 17.7 Å². The van der Waals surface area contributed by atoms with Crippen molar-refractivity contribution in [2.45, 2.75) is 12.5 Å². The maximum absolute atomic E-state index is 11.8. The monoisotopic (exact) mass is 265 g/mol. The lowest BCUT2D eigenvalue weighted by atomic mass is 10.1. The van der Waals surface area contributed by atoms with Crippen molar-refractivity contribution in [3.8, 4) is 11.5 Å². The van der Waals surface area contributed by atoms with E-state index in [1.807, 2.05) is 0 Å². The van der Waals surface area contributed by atoms with Crippen LogP contribution in [0.25, 0.3) is 0 Å². The number of amides is 1. The molecule has 2 rings (SSSR count). The molecule has 1 unspecified atom stereocenters. The van der Waals surface area contributed by atoms with Gasteiger partial charge in [0.15, 0.2) is 11.5 Å². The predicted octanol–water partition coefficient (Wildman–Crippen LogP) is 0.440. The Morgan fingerprint density at radius 2 is 2.00 bits per heavy atom. The van der Waals surface area contributed by atoms with Crippen molar-refractivity contribution in [3.63, 3.8) is 0 Å². The van der Waals surface area contributed by atoms with Gasteiger partial charge in [-0.3, -0.25) is 10.2 Å². The highest BCUT2D eigenvalue weighted by Crippen LogP contribution is 2.31. The average Bonchev–Trinajstić information content (AvgIpc) is 2.61. The standard InChI is InChI=1S/C13H19N3O3/c1-16(2)15-13(17)12(14)9-4-5-10-11(8-9)19-7-3-6-18-10/h4-5,8,12H,3,6-7,14H2,1-2H3,(H,15,17). The normalized spacial score (nSPS) is 15.8. The maximum atomic E-state index is 11.8. The number of hydrazine groups is 1. The van der Waals surface area contributed by atoms with Crippen LogP contribution in [0.2, 0.25) is 0 Å². The van der Waals surface area contributed by atoms with E-state index >= 15 is 0 Å². The van der Waals surface area contributed by atoms with Crippen LogP contribution >= 0.6 is 0 Å². The summed E-state index contributed by atoms with van der Waals surface area (Å²) in [4.78, 5) is 11.8. The van der Waals surface area contributed by atoms with Crippen LogP contribution in [0.15, 0.2) is 18.2 Å². The molecule has 0 bridgehead atoms. The van der Waals surface area contributed by atoms with Crippen molar-refractivity contribution in [3.05, 3.63) is 23.8 Å². The molecule has 0 fully saturated rings. The van der Waals surface area contributed by atoms with E-state index in [0.717, 1.165) is 6.42 Å². The van der Waals surface area contributed by atoms with Gasteiger partial charge in [-0.2, -0.15) is 0 Å². The molecule has 0 saturated carbocycles. The van der Waals surface area contributed by atoms with Gasteiger partial charge < -0.3 is 15.2 Å². The van der Waals surface area contributed by atoms with Crippen LogP contribution in [0.5, 0.6) is 11.5 Å². The molecular weight excluding hydrogens is 246 g/mol. The second kappa shape index (κ2) is 5.90. The predicted molar refractivity (Wildman–Crippen MR) is 70.8 cm³/mol. The van der Waals surface area contributed by atoms with E-state index in [9.17, 15) is 4.79 Å². The number of nitrogens with two attached hydrogens (primary N) is 1. The van der Waals surface area contributed by atoms with Crippen molar-refractivity contribution in [1.29, 1.82) is 0 Å². The summed E-state index contributed by atoms with van der Waals surface area (Å²) in [6.07, 6.45) is 0.844. The zero-order chi connectivity index (χ0) is 13.8. The summed E-state index contributed by atoms with van der Waals surface area (Å²) in [5.74, 6) is 1.07. The van der Waals surface area contributed by atoms with Gasteiger partial charge >= 0.3 is 0 Å². The molecule has 1 heterocycles. The summed E-state index contributed by atoms with van der Waals surface area (Å²) in [5.41, 5.74) is 9.25. The van der Waals surface area contributed by atoms with Gasteiger partial charge in [0, 0.05) is 20.5 Å². The van der Waals surface area contributed by atoms with Gasteiger partial charge in [0.2, 0.25) is 0 Å². The van der Waals surface area contributed by atoms with E-state index in [1.165, 1.54) is 0 Å². The Labute approximate surface area is 112 Å². The molecule has 104 valence electrons. The molecule has 6 nitrogen and oxygen atoms in total. The Morgan fingerprint density at radius 1 is 1.32 bits per heavy atom. The fraction of sp³-hybridized carbons (Fsp3) is 0.462. The fourth-order valence-corrected chi connectivity index (χ4v) is 1.81. The first-order valence-electron chi connectivity index (χ1n) is 6.21. The molecule has 1 atom stereocenters. The van der Waals surface area contributed by atoms with Gasteiger partial charge in [0.25, 0.3) is 5.91 Å². The number of carbonyl (C=O) groups is 1. The number of benzene rings is 1. The number of hydrogen-bond acceptors (Lipinski definition) is 5. The Kier molecular flexibility index (Phi) is 4.24. The highest BCUT2D eigenvalue weighted by atomic mass is 16.5. The molecule has 19 heavy (non-hydrogen) atoms. The first-order valence-corrected chi connectivity index (χ1v) is 6.21. The van der Waals surface area contributed by atoms with Crippen molar-refractivity contribution < 1.29 is 14.3 Å². The lowest BCUT2D eigenvalue weighted by molar-refractivity contribution is -0.126. The lowest BCUT2D eigenvalue weighted by Crippen LogP contribution is -2.41. The lowest BCUT2D eigenvalue weighted by Gasteiger charge is -2.17. The smallest absolute Gasteiger partial charge is 0.255 e. The topological polar surface area (TPSA) is 76.8 Å². The number of nitrogens with one attached hydrogen (secondary N) is 1. The van der Waals surface area contributed by atoms with Gasteiger partial charge in [0.1, 0.15) is 6.04 Å². The summed E-state index contributed by atoms with van der Waals surface area (Å²) in [6, 6.07) is 4.60. The summed E-state index contributed by atoms with van der Waals surface area (Å²) >= 11 is 0. The third-order valence-corrected chi connectivity index (χ3v) is 2.75.